The molecule has 0 saturated carbocycles. The van der Waals surface area contributed by atoms with Crippen LogP contribution in [0.3, 0.4) is 0 Å². The van der Waals surface area contributed by atoms with Gasteiger partial charge >= 0.3 is 0 Å². The molecule has 3 rings (SSSR count). The zero-order chi connectivity index (χ0) is 18.2. The van der Waals surface area contributed by atoms with Crippen molar-refractivity contribution in [3.63, 3.8) is 0 Å². The molecule has 0 radical (unpaired) electrons. The van der Waals surface area contributed by atoms with Crippen molar-refractivity contribution in [1.82, 2.24) is 14.1 Å². The van der Waals surface area contributed by atoms with Gasteiger partial charge in [0.25, 0.3) is 5.91 Å². The van der Waals surface area contributed by atoms with E-state index in [0.29, 0.717) is 44.7 Å². The molecule has 0 spiro atoms. The van der Waals surface area contributed by atoms with Gasteiger partial charge in [-0.1, -0.05) is 12.1 Å². The number of fused-ring (bicyclic) bond motifs is 1. The van der Waals surface area contributed by atoms with E-state index in [1.807, 2.05) is 13.1 Å². The highest BCUT2D eigenvalue weighted by Gasteiger charge is 2.33. The lowest BCUT2D eigenvalue weighted by molar-refractivity contribution is -0.140. The standard InChI is InChI=1S/C17H25N3O4S/c1-13(21)17(22)19-7-6-14-4-3-5-16(15(14)12-19)25(23,24)20-10-8-18(2)9-11-20/h3-5,13,21H,6-12H2,1-2H3. The van der Waals surface area contributed by atoms with E-state index in [-0.39, 0.29) is 17.3 Å². The molecule has 1 aromatic rings. The van der Waals surface area contributed by atoms with Crippen molar-refractivity contribution in [2.45, 2.75) is 30.9 Å². The molecule has 2 heterocycles. The fraction of sp³-hybridized carbons (Fsp3) is 0.588. The second-order valence-corrected chi connectivity index (χ2v) is 8.69. The van der Waals surface area contributed by atoms with E-state index in [4.69, 9.17) is 0 Å². The van der Waals surface area contributed by atoms with Crippen molar-refractivity contribution in [1.29, 1.82) is 0 Å². The number of nitrogens with zero attached hydrogens (tertiary/aromatic N) is 3. The number of aliphatic hydroxyl groups excluding tert-OH is 1. The molecule has 1 atom stereocenters. The summed E-state index contributed by atoms with van der Waals surface area (Å²) in [6, 6.07) is 5.32. The number of sulfonamides is 1. The van der Waals surface area contributed by atoms with Crippen LogP contribution in [0.25, 0.3) is 0 Å². The molecule has 0 aliphatic carbocycles. The average Bonchev–Trinajstić information content (AvgIpc) is 2.60. The Labute approximate surface area is 148 Å². The van der Waals surface area contributed by atoms with Gasteiger partial charge in [-0.25, -0.2) is 8.42 Å². The number of aliphatic hydroxyl groups is 1. The topological polar surface area (TPSA) is 81.2 Å². The minimum Gasteiger partial charge on any atom is -0.384 e. The summed E-state index contributed by atoms with van der Waals surface area (Å²) in [5.74, 6) is -0.363. The number of hydrogen-bond acceptors (Lipinski definition) is 5. The Kier molecular flexibility index (Phi) is 5.15. The molecular weight excluding hydrogens is 342 g/mol. The van der Waals surface area contributed by atoms with E-state index < -0.39 is 16.1 Å². The van der Waals surface area contributed by atoms with Crippen LogP contribution in [-0.2, 0) is 27.8 Å². The summed E-state index contributed by atoms with van der Waals surface area (Å²) in [6.07, 6.45) is -0.483. The molecule has 1 amide bonds. The van der Waals surface area contributed by atoms with Crippen molar-refractivity contribution in [2.24, 2.45) is 0 Å². The summed E-state index contributed by atoms with van der Waals surface area (Å²) >= 11 is 0. The van der Waals surface area contributed by atoms with Crippen molar-refractivity contribution in [2.75, 3.05) is 39.8 Å². The molecule has 7 nitrogen and oxygen atoms in total. The number of benzene rings is 1. The first-order chi connectivity index (χ1) is 11.8. The Morgan fingerprint density at radius 1 is 1.16 bits per heavy atom. The second kappa shape index (κ2) is 7.03. The van der Waals surface area contributed by atoms with Gasteiger partial charge in [0.1, 0.15) is 6.10 Å². The van der Waals surface area contributed by atoms with Crippen molar-refractivity contribution >= 4 is 15.9 Å². The quantitative estimate of drug-likeness (QED) is 0.806. The second-order valence-electron chi connectivity index (χ2n) is 6.79. The number of amides is 1. The van der Waals surface area contributed by atoms with Crippen LogP contribution in [0, 0.1) is 0 Å². The molecule has 8 heteroatoms. The summed E-state index contributed by atoms with van der Waals surface area (Å²) in [5, 5.41) is 9.56. The normalized spacial score (nSPS) is 21.0. The van der Waals surface area contributed by atoms with Crippen LogP contribution in [0.1, 0.15) is 18.1 Å². The van der Waals surface area contributed by atoms with Crippen molar-refractivity contribution in [3.05, 3.63) is 29.3 Å². The van der Waals surface area contributed by atoms with E-state index in [9.17, 15) is 18.3 Å². The first-order valence-electron chi connectivity index (χ1n) is 8.57. The zero-order valence-corrected chi connectivity index (χ0v) is 15.5. The van der Waals surface area contributed by atoms with E-state index in [0.717, 1.165) is 5.56 Å². The Morgan fingerprint density at radius 3 is 2.48 bits per heavy atom. The van der Waals surface area contributed by atoms with Gasteiger partial charge in [-0.15, -0.1) is 0 Å². The molecule has 1 N–H and O–H groups in total. The van der Waals surface area contributed by atoms with Crippen LogP contribution in [-0.4, -0.2) is 79.4 Å². The summed E-state index contributed by atoms with van der Waals surface area (Å²) in [7, 11) is -1.61. The molecule has 2 aliphatic rings. The van der Waals surface area contributed by atoms with Gasteiger partial charge in [0, 0.05) is 39.3 Å². The molecule has 138 valence electrons. The number of piperazine rings is 1. The first kappa shape index (κ1) is 18.3. The molecule has 1 fully saturated rings. The van der Waals surface area contributed by atoms with Gasteiger partial charge < -0.3 is 14.9 Å². The first-order valence-corrected chi connectivity index (χ1v) is 10.0. The molecule has 25 heavy (non-hydrogen) atoms. The zero-order valence-electron chi connectivity index (χ0n) is 14.7. The van der Waals surface area contributed by atoms with Gasteiger partial charge in [0.05, 0.1) is 4.90 Å². The highest BCUT2D eigenvalue weighted by atomic mass is 32.2. The van der Waals surface area contributed by atoms with E-state index in [2.05, 4.69) is 4.90 Å². The maximum absolute atomic E-state index is 13.1. The fourth-order valence-corrected chi connectivity index (χ4v) is 5.09. The van der Waals surface area contributed by atoms with Crippen LogP contribution in [0.4, 0.5) is 0 Å². The van der Waals surface area contributed by atoms with Gasteiger partial charge in [-0.05, 0) is 37.6 Å². The SMILES string of the molecule is CC(O)C(=O)N1CCc2cccc(S(=O)(=O)N3CCN(C)CC3)c2C1. The number of rotatable bonds is 3. The largest absolute Gasteiger partial charge is 0.384 e. The molecule has 0 bridgehead atoms. The highest BCUT2D eigenvalue weighted by Crippen LogP contribution is 2.29. The van der Waals surface area contributed by atoms with Crippen molar-refractivity contribution < 1.29 is 18.3 Å². The smallest absolute Gasteiger partial charge is 0.251 e. The third-order valence-electron chi connectivity index (χ3n) is 4.98. The third kappa shape index (κ3) is 3.57. The fourth-order valence-electron chi connectivity index (χ4n) is 3.41. The highest BCUT2D eigenvalue weighted by molar-refractivity contribution is 7.89. The third-order valence-corrected chi connectivity index (χ3v) is 6.96. The maximum Gasteiger partial charge on any atom is 0.251 e. The van der Waals surface area contributed by atoms with E-state index >= 15 is 0 Å². The molecular formula is C17H25N3O4S. The molecule has 2 aliphatic heterocycles. The summed E-state index contributed by atoms with van der Waals surface area (Å²) in [4.78, 5) is 16.1. The number of carbonyl (C=O) groups excluding carboxylic acids is 1. The minimum atomic E-state index is -3.59. The van der Waals surface area contributed by atoms with Gasteiger partial charge in [-0.3, -0.25) is 4.79 Å². The van der Waals surface area contributed by atoms with Crippen LogP contribution in [0.2, 0.25) is 0 Å². The predicted molar refractivity (Wildman–Crippen MR) is 93.5 cm³/mol. The van der Waals surface area contributed by atoms with Crippen molar-refractivity contribution in [3.8, 4) is 0 Å². The lowest BCUT2D eigenvalue weighted by Crippen LogP contribution is -2.47. The summed E-state index contributed by atoms with van der Waals surface area (Å²) in [5.41, 5.74) is 1.64. The van der Waals surface area contributed by atoms with Crippen LogP contribution in [0.15, 0.2) is 23.1 Å². The monoisotopic (exact) mass is 367 g/mol. The maximum atomic E-state index is 13.1. The van der Waals surface area contributed by atoms with Gasteiger partial charge in [0.2, 0.25) is 10.0 Å². The summed E-state index contributed by atoms with van der Waals surface area (Å²) < 4.78 is 27.8. The lowest BCUT2D eigenvalue weighted by atomic mass is 9.99. The Hall–Kier alpha value is -1.48. The van der Waals surface area contributed by atoms with E-state index in [1.165, 1.54) is 16.1 Å². The number of carbonyl (C=O) groups is 1. The Bertz CT molecular complexity index is 755. The molecule has 1 saturated heterocycles. The molecule has 1 aromatic carbocycles. The average molecular weight is 367 g/mol. The number of hydrogen-bond donors (Lipinski definition) is 1. The van der Waals surface area contributed by atoms with Gasteiger partial charge in [0.15, 0.2) is 0 Å². The van der Waals surface area contributed by atoms with Crippen LogP contribution in [0.5, 0.6) is 0 Å². The lowest BCUT2D eigenvalue weighted by Gasteiger charge is -2.34. The van der Waals surface area contributed by atoms with Crippen LogP contribution >= 0.6 is 0 Å². The number of likely N-dealkylation sites (N-methyl/N-ethyl adjacent to an activating group) is 1. The Morgan fingerprint density at radius 2 is 1.84 bits per heavy atom. The van der Waals surface area contributed by atoms with Gasteiger partial charge in [-0.2, -0.15) is 4.31 Å². The van der Waals surface area contributed by atoms with E-state index in [1.54, 1.807) is 12.1 Å². The predicted octanol–water partition coefficient (Wildman–Crippen LogP) is -0.112. The van der Waals surface area contributed by atoms with Crippen LogP contribution < -0.4 is 0 Å². The minimum absolute atomic E-state index is 0.224. The molecule has 1 unspecified atom stereocenters. The summed E-state index contributed by atoms with van der Waals surface area (Å²) in [6.45, 7) is 4.51. The molecule has 0 aromatic heterocycles. The Balaban J connectivity index is 1.93.